The standard InChI is InChI=1S/C30H35F2N5O5/c1-28(2,3)42-27(40)37-22-11-12-24(34-21(22)18-33-37)35-25(38)23-6-5-17-36(23)26(39)29(13-15-30(31,32)16-14-29)19-7-9-20(41-4)10-8-19/h7-12,18,23H,5-6,13-17H2,1-4H3,(H,34,35,38)/t23-/m1/s1. The molecular weight excluding hydrogens is 548 g/mol. The summed E-state index contributed by atoms with van der Waals surface area (Å²) in [6.07, 6.45) is 0.942. The van der Waals surface area contributed by atoms with Gasteiger partial charge in [0.15, 0.2) is 0 Å². The van der Waals surface area contributed by atoms with Crippen LogP contribution in [0.5, 0.6) is 5.75 Å². The molecule has 3 aromatic rings. The first-order chi connectivity index (χ1) is 19.8. The van der Waals surface area contributed by atoms with Crippen LogP contribution in [0.15, 0.2) is 42.6 Å². The van der Waals surface area contributed by atoms with Crippen molar-refractivity contribution >= 4 is 34.8 Å². The highest BCUT2D eigenvalue weighted by molar-refractivity contribution is 5.99. The molecule has 42 heavy (non-hydrogen) atoms. The van der Waals surface area contributed by atoms with Crippen LogP contribution in [0, 0.1) is 0 Å². The second kappa shape index (κ2) is 11.0. The number of halogens is 2. The van der Waals surface area contributed by atoms with Gasteiger partial charge in [-0.3, -0.25) is 9.59 Å². The van der Waals surface area contributed by atoms with Gasteiger partial charge in [0.25, 0.3) is 0 Å². The number of anilines is 1. The first-order valence-electron chi connectivity index (χ1n) is 14.0. The number of amides is 2. The number of alkyl halides is 2. The van der Waals surface area contributed by atoms with Crippen LogP contribution < -0.4 is 10.1 Å². The Morgan fingerprint density at radius 2 is 1.71 bits per heavy atom. The lowest BCUT2D eigenvalue weighted by Gasteiger charge is -2.42. The molecule has 0 radical (unpaired) electrons. The maximum atomic E-state index is 14.3. The Bertz CT molecular complexity index is 1490. The Morgan fingerprint density at radius 3 is 2.36 bits per heavy atom. The van der Waals surface area contributed by atoms with E-state index in [0.717, 1.165) is 4.68 Å². The molecule has 5 rings (SSSR count). The Balaban J connectivity index is 1.36. The fraction of sp³-hybridized carbons (Fsp3) is 0.500. The number of hydrogen-bond donors (Lipinski definition) is 1. The van der Waals surface area contributed by atoms with Gasteiger partial charge in [-0.2, -0.15) is 9.78 Å². The van der Waals surface area contributed by atoms with Crippen molar-refractivity contribution in [3.05, 3.63) is 48.2 Å². The molecule has 2 amide bonds. The topological polar surface area (TPSA) is 116 Å². The van der Waals surface area contributed by atoms with Gasteiger partial charge in [-0.15, -0.1) is 0 Å². The van der Waals surface area contributed by atoms with Gasteiger partial charge in [-0.25, -0.2) is 18.6 Å². The third kappa shape index (κ3) is 5.79. The Labute approximate surface area is 242 Å². The maximum Gasteiger partial charge on any atom is 0.435 e. The van der Waals surface area contributed by atoms with Crippen LogP contribution in [-0.4, -0.2) is 68.8 Å². The van der Waals surface area contributed by atoms with E-state index in [-0.39, 0.29) is 24.6 Å². The monoisotopic (exact) mass is 583 g/mol. The van der Waals surface area contributed by atoms with Crippen LogP contribution in [0.1, 0.15) is 64.9 Å². The largest absolute Gasteiger partial charge is 0.497 e. The molecule has 1 N–H and O–H groups in total. The second-order valence-electron chi connectivity index (χ2n) is 11.9. The molecule has 2 aliphatic rings. The van der Waals surface area contributed by atoms with E-state index in [0.29, 0.717) is 41.7 Å². The molecule has 12 heteroatoms. The number of carbonyl (C=O) groups is 3. The predicted octanol–water partition coefficient (Wildman–Crippen LogP) is 5.30. The van der Waals surface area contributed by atoms with Gasteiger partial charge >= 0.3 is 6.09 Å². The minimum Gasteiger partial charge on any atom is -0.497 e. The summed E-state index contributed by atoms with van der Waals surface area (Å²) < 4.78 is 40.2. The summed E-state index contributed by atoms with van der Waals surface area (Å²) in [7, 11) is 1.53. The number of nitrogens with zero attached hydrogens (tertiary/aromatic N) is 4. The van der Waals surface area contributed by atoms with Crippen molar-refractivity contribution < 1.29 is 32.6 Å². The minimum atomic E-state index is -2.83. The molecule has 1 aromatic carbocycles. The summed E-state index contributed by atoms with van der Waals surface area (Å²) >= 11 is 0. The maximum absolute atomic E-state index is 14.3. The number of likely N-dealkylation sites (tertiary alicyclic amines) is 1. The number of fused-ring (bicyclic) bond motifs is 1. The number of carbonyl (C=O) groups excluding carboxylic acids is 3. The normalized spacial score (nSPS) is 19.9. The molecule has 3 heterocycles. The van der Waals surface area contributed by atoms with Crippen LogP contribution in [-0.2, 0) is 19.7 Å². The third-order valence-electron chi connectivity index (χ3n) is 7.95. The molecular formula is C30H35F2N5O5. The number of methoxy groups -OCH3 is 1. The molecule has 2 aromatic heterocycles. The predicted molar refractivity (Wildman–Crippen MR) is 151 cm³/mol. The zero-order chi connectivity index (χ0) is 30.3. The summed E-state index contributed by atoms with van der Waals surface area (Å²) in [5.41, 5.74) is -0.435. The van der Waals surface area contributed by atoms with Gasteiger partial charge in [0.1, 0.15) is 28.7 Å². The van der Waals surface area contributed by atoms with Crippen LogP contribution in [0.4, 0.5) is 19.4 Å². The smallest absolute Gasteiger partial charge is 0.435 e. The number of hydrogen-bond acceptors (Lipinski definition) is 7. The number of aromatic nitrogens is 3. The zero-order valence-corrected chi connectivity index (χ0v) is 24.2. The van der Waals surface area contributed by atoms with Crippen molar-refractivity contribution in [3.63, 3.8) is 0 Å². The molecule has 0 spiro atoms. The highest BCUT2D eigenvalue weighted by atomic mass is 19.3. The molecule has 1 atom stereocenters. The van der Waals surface area contributed by atoms with Crippen LogP contribution in [0.25, 0.3) is 11.0 Å². The van der Waals surface area contributed by atoms with E-state index in [4.69, 9.17) is 9.47 Å². The average molecular weight is 584 g/mol. The molecule has 1 aliphatic carbocycles. The molecule has 0 bridgehead atoms. The summed E-state index contributed by atoms with van der Waals surface area (Å²) in [5, 5.41) is 6.86. The van der Waals surface area contributed by atoms with Crippen molar-refractivity contribution in [1.82, 2.24) is 19.7 Å². The zero-order valence-electron chi connectivity index (χ0n) is 24.2. The fourth-order valence-corrected chi connectivity index (χ4v) is 5.78. The first-order valence-corrected chi connectivity index (χ1v) is 14.0. The highest BCUT2D eigenvalue weighted by Crippen LogP contribution is 2.47. The Morgan fingerprint density at radius 1 is 1.02 bits per heavy atom. The lowest BCUT2D eigenvalue weighted by molar-refractivity contribution is -0.146. The Kier molecular flexibility index (Phi) is 7.67. The molecule has 2 fully saturated rings. The van der Waals surface area contributed by atoms with Crippen molar-refractivity contribution in [2.75, 3.05) is 19.0 Å². The van der Waals surface area contributed by atoms with Crippen LogP contribution in [0.3, 0.4) is 0 Å². The molecule has 224 valence electrons. The fourth-order valence-electron chi connectivity index (χ4n) is 5.78. The highest BCUT2D eigenvalue weighted by Gasteiger charge is 2.52. The SMILES string of the molecule is COc1ccc(C2(C(=O)N3CCC[C@@H]3C(=O)Nc3ccc4c(cnn4C(=O)OC(C)(C)C)n3)CCC(F)(F)CC2)cc1. The number of pyridine rings is 1. The van der Waals surface area contributed by atoms with E-state index in [9.17, 15) is 23.2 Å². The average Bonchev–Trinajstić information content (AvgIpc) is 3.60. The number of rotatable bonds is 5. The van der Waals surface area contributed by atoms with Crippen LogP contribution in [0.2, 0.25) is 0 Å². The molecule has 1 aliphatic heterocycles. The summed E-state index contributed by atoms with van der Waals surface area (Å²) in [6, 6.07) is 9.32. The van der Waals surface area contributed by atoms with Crippen molar-refractivity contribution in [1.29, 1.82) is 0 Å². The van der Waals surface area contributed by atoms with Crippen molar-refractivity contribution in [2.24, 2.45) is 0 Å². The van der Waals surface area contributed by atoms with Crippen LogP contribution >= 0.6 is 0 Å². The van der Waals surface area contributed by atoms with Gasteiger partial charge in [-0.1, -0.05) is 12.1 Å². The summed E-state index contributed by atoms with van der Waals surface area (Å²) in [6.45, 7) is 5.60. The van der Waals surface area contributed by atoms with E-state index in [1.807, 2.05) is 0 Å². The van der Waals surface area contributed by atoms with E-state index in [1.54, 1.807) is 57.2 Å². The molecule has 1 saturated heterocycles. The van der Waals surface area contributed by atoms with Gasteiger partial charge < -0.3 is 19.7 Å². The number of nitrogens with one attached hydrogen (secondary N) is 1. The van der Waals surface area contributed by atoms with Crippen molar-refractivity contribution in [2.45, 2.75) is 82.3 Å². The minimum absolute atomic E-state index is 0.0180. The third-order valence-corrected chi connectivity index (χ3v) is 7.95. The lowest BCUT2D eigenvalue weighted by Crippen LogP contribution is -2.54. The van der Waals surface area contributed by atoms with Gasteiger partial charge in [0.2, 0.25) is 17.7 Å². The van der Waals surface area contributed by atoms with Gasteiger partial charge in [0, 0.05) is 19.4 Å². The van der Waals surface area contributed by atoms with E-state index in [2.05, 4.69) is 15.4 Å². The molecule has 10 nitrogen and oxygen atoms in total. The second-order valence-corrected chi connectivity index (χ2v) is 11.9. The van der Waals surface area contributed by atoms with E-state index < -0.39 is 47.8 Å². The molecule has 1 saturated carbocycles. The number of benzene rings is 1. The summed E-state index contributed by atoms with van der Waals surface area (Å²) in [5.74, 6) is -2.74. The van der Waals surface area contributed by atoms with Gasteiger partial charge in [0.05, 0.1) is 24.2 Å². The Hall–Kier alpha value is -4.09. The number of ether oxygens (including phenoxy) is 2. The quantitative estimate of drug-likeness (QED) is 0.433. The van der Waals surface area contributed by atoms with Gasteiger partial charge in [-0.05, 0) is 76.3 Å². The summed E-state index contributed by atoms with van der Waals surface area (Å²) in [4.78, 5) is 46.1. The molecule has 0 unspecified atom stereocenters. The lowest BCUT2D eigenvalue weighted by atomic mass is 9.67. The van der Waals surface area contributed by atoms with Crippen molar-refractivity contribution in [3.8, 4) is 5.75 Å². The first kappa shape index (κ1) is 29.4. The van der Waals surface area contributed by atoms with E-state index >= 15 is 0 Å². The van der Waals surface area contributed by atoms with E-state index in [1.165, 1.54) is 18.2 Å².